The van der Waals surface area contributed by atoms with E-state index in [0.717, 1.165) is 17.0 Å². The van der Waals surface area contributed by atoms with Gasteiger partial charge in [0, 0.05) is 39.6 Å². The molecule has 0 bridgehead atoms. The van der Waals surface area contributed by atoms with E-state index < -0.39 is 6.16 Å². The third-order valence-corrected chi connectivity index (χ3v) is 4.82. The molecule has 180 valence electrons. The first kappa shape index (κ1) is 26.1. The molecule has 0 atom stereocenters. The summed E-state index contributed by atoms with van der Waals surface area (Å²) in [5.74, 6) is 1.28. The van der Waals surface area contributed by atoms with Crippen molar-refractivity contribution in [1.29, 1.82) is 0 Å². The lowest BCUT2D eigenvalue weighted by Crippen LogP contribution is -2.32. The van der Waals surface area contributed by atoms with E-state index in [-0.39, 0.29) is 5.92 Å². The Kier molecular flexibility index (Phi) is 9.37. The van der Waals surface area contributed by atoms with E-state index in [4.69, 9.17) is 15.0 Å². The minimum atomic E-state index is -2.08. The fourth-order valence-corrected chi connectivity index (χ4v) is 3.08. The Morgan fingerprint density at radius 1 is 0.941 bits per heavy atom. The first-order valence-corrected chi connectivity index (χ1v) is 10.7. The van der Waals surface area contributed by atoms with Crippen molar-refractivity contribution in [3.63, 3.8) is 0 Å². The summed E-state index contributed by atoms with van der Waals surface area (Å²) in [6, 6.07) is 16.6. The molecule has 9 nitrogen and oxygen atoms in total. The van der Waals surface area contributed by atoms with E-state index in [1.807, 2.05) is 62.4 Å². The summed E-state index contributed by atoms with van der Waals surface area (Å²) in [6.45, 7) is 4.29. The Bertz CT molecular complexity index is 1030. The second-order valence-corrected chi connectivity index (χ2v) is 8.23. The Hall–Kier alpha value is -4.14. The van der Waals surface area contributed by atoms with E-state index in [0.29, 0.717) is 0 Å². The molecular formula is C25H32N6O3. The van der Waals surface area contributed by atoms with Crippen LogP contribution in [-0.2, 0) is 0 Å². The summed E-state index contributed by atoms with van der Waals surface area (Å²) >= 11 is 0. The molecule has 1 N–H and O–H groups in total. The van der Waals surface area contributed by atoms with Gasteiger partial charge in [0.05, 0.1) is 18.3 Å². The van der Waals surface area contributed by atoms with Crippen LogP contribution in [0.15, 0.2) is 71.1 Å². The minimum absolute atomic E-state index is 0.265. The predicted octanol–water partition coefficient (Wildman–Crippen LogP) is 2.68. The Morgan fingerprint density at radius 2 is 1.38 bits per heavy atom. The molecule has 2 aromatic carbocycles. The van der Waals surface area contributed by atoms with E-state index in [1.165, 1.54) is 11.4 Å². The zero-order valence-corrected chi connectivity index (χ0v) is 20.5. The predicted molar refractivity (Wildman–Crippen MR) is 134 cm³/mol. The van der Waals surface area contributed by atoms with Crippen molar-refractivity contribution in [2.24, 2.45) is 10.2 Å². The van der Waals surface area contributed by atoms with Gasteiger partial charge in [-0.25, -0.2) is 0 Å². The van der Waals surface area contributed by atoms with Gasteiger partial charge in [0.1, 0.15) is 0 Å². The second kappa shape index (κ2) is 12.2. The zero-order chi connectivity index (χ0) is 25.3. The highest BCUT2D eigenvalue weighted by atomic mass is 16.6. The summed E-state index contributed by atoms with van der Waals surface area (Å²) in [6.07, 6.45) is 5.54. The summed E-state index contributed by atoms with van der Waals surface area (Å²) in [5, 5.41) is 24.6. The lowest BCUT2D eigenvalue weighted by atomic mass is 10.2. The van der Waals surface area contributed by atoms with E-state index >= 15 is 0 Å². The number of anilines is 2. The van der Waals surface area contributed by atoms with Gasteiger partial charge in [-0.2, -0.15) is 0 Å². The lowest BCUT2D eigenvalue weighted by Gasteiger charge is -2.11. The van der Waals surface area contributed by atoms with Gasteiger partial charge in [0.25, 0.3) is 0 Å². The molecule has 1 heterocycles. The number of carboxylic acid groups (broad SMARTS) is 2. The molecule has 0 saturated heterocycles. The lowest BCUT2D eigenvalue weighted by molar-refractivity contribution is -0.686. The van der Waals surface area contributed by atoms with Crippen LogP contribution in [0.2, 0.25) is 0 Å². The van der Waals surface area contributed by atoms with Gasteiger partial charge < -0.3 is 24.8 Å². The quantitative estimate of drug-likeness (QED) is 0.428. The Labute approximate surface area is 200 Å². The van der Waals surface area contributed by atoms with Crippen molar-refractivity contribution in [3.8, 4) is 0 Å². The average Bonchev–Trinajstić information content (AvgIpc) is 3.19. The number of imidazole rings is 1. The van der Waals surface area contributed by atoms with Crippen LogP contribution in [0.1, 0.15) is 36.7 Å². The molecule has 0 aliphatic carbocycles. The number of hydrogen-bond donors (Lipinski definition) is 1. The van der Waals surface area contributed by atoms with E-state index in [2.05, 4.69) is 82.4 Å². The number of aromatic nitrogens is 2. The van der Waals surface area contributed by atoms with Gasteiger partial charge in [-0.05, 0) is 35.4 Å². The zero-order valence-electron chi connectivity index (χ0n) is 20.5. The van der Waals surface area contributed by atoms with Crippen LogP contribution in [0.4, 0.5) is 16.2 Å². The molecular weight excluding hydrogens is 432 g/mol. The van der Waals surface area contributed by atoms with Crippen LogP contribution in [-0.4, -0.2) is 56.6 Å². The Morgan fingerprint density at radius 3 is 1.79 bits per heavy atom. The SMILES string of the molecule is CC(C)c1n(N=Cc2ccc(N(C)C)cc2)cc[n+]1N=Cc1ccc(N(C)C)cc1.O=C([O-])O. The largest absolute Gasteiger partial charge is 0.565 e. The van der Waals surface area contributed by atoms with E-state index in [1.54, 1.807) is 0 Å². The van der Waals surface area contributed by atoms with Crippen LogP contribution < -0.4 is 19.6 Å². The highest BCUT2D eigenvalue weighted by molar-refractivity contribution is 5.80. The van der Waals surface area contributed by atoms with Crippen molar-refractivity contribution in [3.05, 3.63) is 77.9 Å². The topological polar surface area (TPSA) is 100 Å². The van der Waals surface area contributed by atoms with Gasteiger partial charge in [-0.15, -0.1) is 9.35 Å². The number of rotatable bonds is 7. The average molecular weight is 465 g/mol. The highest BCUT2D eigenvalue weighted by Gasteiger charge is 2.20. The maximum atomic E-state index is 8.44. The van der Waals surface area contributed by atoms with Gasteiger partial charge in [0.15, 0.2) is 12.4 Å². The van der Waals surface area contributed by atoms with Crippen LogP contribution >= 0.6 is 0 Å². The molecule has 0 saturated carbocycles. The van der Waals surface area contributed by atoms with Crippen molar-refractivity contribution in [2.45, 2.75) is 19.8 Å². The van der Waals surface area contributed by atoms with Crippen molar-refractivity contribution < 1.29 is 19.7 Å². The maximum Gasteiger partial charge on any atom is 0.310 e. The fourth-order valence-electron chi connectivity index (χ4n) is 3.08. The van der Waals surface area contributed by atoms with E-state index in [9.17, 15) is 0 Å². The van der Waals surface area contributed by atoms with Crippen molar-refractivity contribution >= 4 is 30.0 Å². The number of benzene rings is 2. The monoisotopic (exact) mass is 464 g/mol. The third-order valence-electron chi connectivity index (χ3n) is 4.82. The smallest absolute Gasteiger partial charge is 0.310 e. The van der Waals surface area contributed by atoms with Crippen LogP contribution in [0.25, 0.3) is 0 Å². The number of nitrogens with zero attached hydrogens (tertiary/aromatic N) is 6. The molecule has 0 unspecified atom stereocenters. The van der Waals surface area contributed by atoms with Crippen molar-refractivity contribution in [2.75, 3.05) is 38.0 Å². The molecule has 3 rings (SSSR count). The van der Waals surface area contributed by atoms with Gasteiger partial charge in [-0.3, -0.25) is 0 Å². The maximum absolute atomic E-state index is 8.44. The van der Waals surface area contributed by atoms with Gasteiger partial charge >= 0.3 is 5.82 Å². The fraction of sp³-hybridized carbons (Fsp3) is 0.280. The molecule has 1 aromatic heterocycles. The Balaban J connectivity index is 0.000000945. The minimum Gasteiger partial charge on any atom is -0.565 e. The normalized spacial score (nSPS) is 11.0. The molecule has 0 aliphatic heterocycles. The van der Waals surface area contributed by atoms with Crippen LogP contribution in [0.3, 0.4) is 0 Å². The van der Waals surface area contributed by atoms with Crippen molar-refractivity contribution in [1.82, 2.24) is 4.68 Å². The number of hydrogen-bond acceptors (Lipinski definition) is 6. The molecule has 0 aliphatic rings. The molecule has 0 radical (unpaired) electrons. The van der Waals surface area contributed by atoms with Crippen LogP contribution in [0, 0.1) is 0 Å². The number of carbonyl (C=O) groups is 1. The summed E-state index contributed by atoms with van der Waals surface area (Å²) in [4.78, 5) is 12.6. The molecule has 34 heavy (non-hydrogen) atoms. The molecule has 0 amide bonds. The highest BCUT2D eigenvalue weighted by Crippen LogP contribution is 2.13. The first-order valence-electron chi connectivity index (χ1n) is 10.7. The standard InChI is InChI=1S/C24H31N6.CH2O3/c1-19(2)24-29(25-17-20-7-11-22(12-8-20)27(3)4)15-16-30(24)26-18-21-9-13-23(14-10-21)28(5)6;2-1(3)4/h7-19H,1-6H3;(H2,2,3,4)/q+1;/p-1. The summed E-state index contributed by atoms with van der Waals surface area (Å²) < 4.78 is 3.77. The first-order chi connectivity index (χ1) is 16.1. The summed E-state index contributed by atoms with van der Waals surface area (Å²) in [7, 11) is 8.14. The van der Waals surface area contributed by atoms with Gasteiger partial charge in [0.2, 0.25) is 6.16 Å². The summed E-state index contributed by atoms with van der Waals surface area (Å²) in [5.41, 5.74) is 4.45. The second-order valence-electron chi connectivity index (χ2n) is 8.23. The third kappa shape index (κ3) is 7.77. The molecule has 9 heteroatoms. The molecule has 0 fully saturated rings. The molecule has 0 spiro atoms. The van der Waals surface area contributed by atoms with Gasteiger partial charge in [-0.1, -0.05) is 48.3 Å². The van der Waals surface area contributed by atoms with Crippen LogP contribution in [0.5, 0.6) is 0 Å². The molecule has 3 aromatic rings.